The Bertz CT molecular complexity index is 249. The lowest BCUT2D eigenvalue weighted by Gasteiger charge is -2.28. The zero-order chi connectivity index (χ0) is 11.3. The second kappa shape index (κ2) is 5.89. The molecule has 0 N–H and O–H groups in total. The van der Waals surface area contributed by atoms with Crippen molar-refractivity contribution in [3.63, 3.8) is 0 Å². The number of rotatable bonds is 1. The van der Waals surface area contributed by atoms with E-state index >= 15 is 0 Å². The van der Waals surface area contributed by atoms with E-state index in [0.29, 0.717) is 0 Å². The van der Waals surface area contributed by atoms with Crippen molar-refractivity contribution < 1.29 is 4.39 Å². The van der Waals surface area contributed by atoms with Gasteiger partial charge in [0.05, 0.1) is 0 Å². The van der Waals surface area contributed by atoms with E-state index in [0.717, 1.165) is 17.4 Å². The first-order chi connectivity index (χ1) is 7.09. The van der Waals surface area contributed by atoms with E-state index < -0.39 is 0 Å². The molecule has 0 atom stereocenters. The topological polar surface area (TPSA) is 0 Å². The molecule has 0 saturated heterocycles. The summed E-state index contributed by atoms with van der Waals surface area (Å²) >= 11 is 0. The summed E-state index contributed by atoms with van der Waals surface area (Å²) in [4.78, 5) is 0. The van der Waals surface area contributed by atoms with Crippen molar-refractivity contribution in [2.24, 2.45) is 11.8 Å². The minimum absolute atomic E-state index is 0.171. The summed E-state index contributed by atoms with van der Waals surface area (Å²) < 4.78 is 12.1. The summed E-state index contributed by atoms with van der Waals surface area (Å²) in [5.41, 5.74) is 1.09. The maximum absolute atomic E-state index is 12.1. The number of benzene rings is 1. The van der Waals surface area contributed by atoms with Gasteiger partial charge in [0.1, 0.15) is 5.82 Å². The van der Waals surface area contributed by atoms with Crippen molar-refractivity contribution in [3.8, 4) is 0 Å². The van der Waals surface area contributed by atoms with E-state index in [1.54, 1.807) is 12.1 Å². The summed E-state index contributed by atoms with van der Waals surface area (Å²) in [6.07, 6.45) is 4.48. The van der Waals surface area contributed by atoms with Crippen LogP contribution < -0.4 is 0 Å². The molecule has 15 heavy (non-hydrogen) atoms. The van der Waals surface area contributed by atoms with Gasteiger partial charge in [0, 0.05) is 0 Å². The highest BCUT2D eigenvalue weighted by Gasteiger charge is 2.19. The first kappa shape index (κ1) is 12.2. The number of hydrogen-bond donors (Lipinski definition) is 0. The van der Waals surface area contributed by atoms with Gasteiger partial charge < -0.3 is 0 Å². The molecule has 0 aliphatic heterocycles. The van der Waals surface area contributed by atoms with Crippen LogP contribution in [0, 0.1) is 24.6 Å². The van der Waals surface area contributed by atoms with E-state index in [1.807, 2.05) is 6.92 Å². The van der Waals surface area contributed by atoms with Crippen LogP contribution in [0.2, 0.25) is 0 Å². The zero-order valence-corrected chi connectivity index (χ0v) is 9.96. The van der Waals surface area contributed by atoms with Crippen molar-refractivity contribution in [2.45, 2.75) is 40.0 Å². The molecule has 2 rings (SSSR count). The molecular weight excluding hydrogens is 187 g/mol. The molecule has 0 bridgehead atoms. The smallest absolute Gasteiger partial charge is 0.123 e. The molecule has 1 aliphatic carbocycles. The minimum atomic E-state index is -0.171. The number of halogens is 1. The lowest BCUT2D eigenvalue weighted by Crippen LogP contribution is -2.16. The predicted octanol–water partition coefficient (Wildman–Crippen LogP) is 4.58. The summed E-state index contributed by atoms with van der Waals surface area (Å²) in [7, 11) is 0. The van der Waals surface area contributed by atoms with Gasteiger partial charge in [-0.3, -0.25) is 0 Å². The Labute approximate surface area is 92.5 Å². The lowest BCUT2D eigenvalue weighted by atomic mass is 9.78. The lowest BCUT2D eigenvalue weighted by molar-refractivity contribution is 0.235. The van der Waals surface area contributed by atoms with Crippen LogP contribution in [-0.2, 0) is 0 Å². The molecule has 0 nitrogen and oxygen atoms in total. The summed E-state index contributed by atoms with van der Waals surface area (Å²) in [5, 5.41) is 0. The molecule has 1 fully saturated rings. The van der Waals surface area contributed by atoms with Crippen molar-refractivity contribution in [3.05, 3.63) is 35.6 Å². The zero-order valence-electron chi connectivity index (χ0n) is 9.96. The van der Waals surface area contributed by atoms with Gasteiger partial charge >= 0.3 is 0 Å². The van der Waals surface area contributed by atoms with Crippen LogP contribution in [0.1, 0.15) is 38.7 Å². The van der Waals surface area contributed by atoms with E-state index in [-0.39, 0.29) is 5.82 Å². The van der Waals surface area contributed by atoms with Gasteiger partial charge in [0.2, 0.25) is 0 Å². The Morgan fingerprint density at radius 2 is 1.67 bits per heavy atom. The van der Waals surface area contributed by atoms with Crippen molar-refractivity contribution in [1.29, 1.82) is 0 Å². The van der Waals surface area contributed by atoms with Crippen LogP contribution in [0.5, 0.6) is 0 Å². The SMILES string of the molecule is CC(C)C1CCC1.Cc1ccc(F)cc1. The van der Waals surface area contributed by atoms with Crippen LogP contribution in [0.3, 0.4) is 0 Å². The molecule has 0 spiro atoms. The highest BCUT2D eigenvalue weighted by molar-refractivity contribution is 5.13. The summed E-state index contributed by atoms with van der Waals surface area (Å²) in [5.74, 6) is 1.87. The van der Waals surface area contributed by atoms with Gasteiger partial charge in [-0.1, -0.05) is 50.8 Å². The van der Waals surface area contributed by atoms with Crippen molar-refractivity contribution in [1.82, 2.24) is 0 Å². The molecule has 1 heteroatoms. The standard InChI is InChI=1S/C7H7F.C7H14/c1-6-2-4-7(8)5-3-6;1-6(2)7-4-3-5-7/h2-5H,1H3;6-7H,3-5H2,1-2H3. The fourth-order valence-corrected chi connectivity index (χ4v) is 1.64. The summed E-state index contributed by atoms with van der Waals surface area (Å²) in [6, 6.07) is 6.40. The van der Waals surface area contributed by atoms with Crippen molar-refractivity contribution in [2.75, 3.05) is 0 Å². The average molecular weight is 208 g/mol. The third-order valence-corrected chi connectivity index (χ3v) is 3.10. The van der Waals surface area contributed by atoms with E-state index in [9.17, 15) is 4.39 Å². The van der Waals surface area contributed by atoms with Gasteiger partial charge in [-0.25, -0.2) is 4.39 Å². The molecule has 0 radical (unpaired) electrons. The van der Waals surface area contributed by atoms with Gasteiger partial charge in [-0.15, -0.1) is 0 Å². The van der Waals surface area contributed by atoms with Gasteiger partial charge in [-0.2, -0.15) is 0 Å². The fourth-order valence-electron chi connectivity index (χ4n) is 1.64. The number of aryl methyl sites for hydroxylation is 1. The first-order valence-corrected chi connectivity index (χ1v) is 5.81. The minimum Gasteiger partial charge on any atom is -0.207 e. The molecule has 0 amide bonds. The number of hydrogen-bond acceptors (Lipinski definition) is 0. The van der Waals surface area contributed by atoms with Gasteiger partial charge in [-0.05, 0) is 30.9 Å². The monoisotopic (exact) mass is 208 g/mol. The highest BCUT2D eigenvalue weighted by atomic mass is 19.1. The second-order valence-corrected chi connectivity index (χ2v) is 4.73. The Kier molecular flexibility index (Phi) is 4.80. The Balaban J connectivity index is 0.000000151. The van der Waals surface area contributed by atoms with Crippen LogP contribution in [-0.4, -0.2) is 0 Å². The molecule has 1 aliphatic rings. The molecule has 0 heterocycles. The van der Waals surface area contributed by atoms with Crippen LogP contribution in [0.15, 0.2) is 24.3 Å². The third-order valence-electron chi connectivity index (χ3n) is 3.10. The van der Waals surface area contributed by atoms with E-state index in [2.05, 4.69) is 13.8 Å². The second-order valence-electron chi connectivity index (χ2n) is 4.73. The Morgan fingerprint density at radius 3 is 1.87 bits per heavy atom. The molecule has 1 aromatic rings. The molecule has 0 unspecified atom stereocenters. The van der Waals surface area contributed by atoms with Gasteiger partial charge in [0.25, 0.3) is 0 Å². The molecule has 84 valence electrons. The van der Waals surface area contributed by atoms with Crippen LogP contribution in [0.4, 0.5) is 4.39 Å². The van der Waals surface area contributed by atoms with Crippen LogP contribution >= 0.6 is 0 Å². The Hall–Kier alpha value is -0.850. The highest BCUT2D eigenvalue weighted by Crippen LogP contribution is 2.32. The maximum atomic E-state index is 12.1. The average Bonchev–Trinajstić information content (AvgIpc) is 2.07. The third kappa shape index (κ3) is 4.46. The van der Waals surface area contributed by atoms with Crippen LogP contribution in [0.25, 0.3) is 0 Å². The van der Waals surface area contributed by atoms with Crippen molar-refractivity contribution >= 4 is 0 Å². The molecule has 0 aromatic heterocycles. The predicted molar refractivity (Wildman–Crippen MR) is 63.3 cm³/mol. The quantitative estimate of drug-likeness (QED) is 0.634. The Morgan fingerprint density at radius 1 is 1.13 bits per heavy atom. The van der Waals surface area contributed by atoms with E-state index in [4.69, 9.17) is 0 Å². The maximum Gasteiger partial charge on any atom is 0.123 e. The molecule has 1 saturated carbocycles. The van der Waals surface area contributed by atoms with Gasteiger partial charge in [0.15, 0.2) is 0 Å². The van der Waals surface area contributed by atoms with E-state index in [1.165, 1.54) is 31.4 Å². The first-order valence-electron chi connectivity index (χ1n) is 5.81. The summed E-state index contributed by atoms with van der Waals surface area (Å²) in [6.45, 7) is 6.58. The largest absolute Gasteiger partial charge is 0.207 e. The fraction of sp³-hybridized carbons (Fsp3) is 0.571. The normalized spacial score (nSPS) is 15.5. The molecule has 1 aromatic carbocycles. The molecular formula is C14H21F.